The normalized spacial score (nSPS) is 14.6. The molecule has 5 heteroatoms. The van der Waals surface area contributed by atoms with Gasteiger partial charge in [-0.25, -0.2) is 4.79 Å². The number of hydrogen-bond donors (Lipinski definition) is 1. The van der Waals surface area contributed by atoms with E-state index in [4.69, 9.17) is 4.74 Å². The summed E-state index contributed by atoms with van der Waals surface area (Å²) in [6.07, 6.45) is 1.47. The zero-order chi connectivity index (χ0) is 15.7. The Morgan fingerprint density at radius 1 is 1.23 bits per heavy atom. The Morgan fingerprint density at radius 3 is 2.73 bits per heavy atom. The van der Waals surface area contributed by atoms with Crippen LogP contribution in [0.2, 0.25) is 0 Å². The fourth-order valence-corrected chi connectivity index (χ4v) is 2.18. The van der Waals surface area contributed by atoms with Gasteiger partial charge in [0.1, 0.15) is 11.5 Å². The van der Waals surface area contributed by atoms with Gasteiger partial charge < -0.3 is 14.6 Å². The van der Waals surface area contributed by atoms with Crippen molar-refractivity contribution >= 4 is 17.8 Å². The van der Waals surface area contributed by atoms with Crippen LogP contribution in [0.5, 0.6) is 11.5 Å². The van der Waals surface area contributed by atoms with Crippen LogP contribution < -0.4 is 4.74 Å². The highest BCUT2D eigenvalue weighted by Crippen LogP contribution is 2.33. The summed E-state index contributed by atoms with van der Waals surface area (Å²) in [5.74, 6) is -0.340. The van der Waals surface area contributed by atoms with Gasteiger partial charge in [-0.1, -0.05) is 18.2 Å². The number of ether oxygens (including phenoxy) is 2. The number of benzene rings is 2. The Hall–Kier alpha value is -3.08. The SMILES string of the molecule is COC(=O)c1ccc2c(c1)C(=O)/C(=C/c1ccccc1O)O2. The van der Waals surface area contributed by atoms with Crippen molar-refractivity contribution in [3.8, 4) is 11.5 Å². The van der Waals surface area contributed by atoms with Crippen molar-refractivity contribution in [1.29, 1.82) is 0 Å². The van der Waals surface area contributed by atoms with Crippen LogP contribution in [0.3, 0.4) is 0 Å². The molecule has 0 saturated carbocycles. The molecule has 0 bridgehead atoms. The van der Waals surface area contributed by atoms with Crippen molar-refractivity contribution < 1.29 is 24.2 Å². The van der Waals surface area contributed by atoms with Crippen molar-refractivity contribution in [2.24, 2.45) is 0 Å². The summed E-state index contributed by atoms with van der Waals surface area (Å²) in [4.78, 5) is 23.9. The van der Waals surface area contributed by atoms with Gasteiger partial charge in [-0.3, -0.25) is 4.79 Å². The molecule has 3 rings (SSSR count). The average Bonchev–Trinajstić information content (AvgIpc) is 2.84. The number of hydrogen-bond acceptors (Lipinski definition) is 5. The number of carbonyl (C=O) groups excluding carboxylic acids is 2. The fourth-order valence-electron chi connectivity index (χ4n) is 2.18. The quantitative estimate of drug-likeness (QED) is 0.681. The van der Waals surface area contributed by atoms with E-state index < -0.39 is 5.97 Å². The second kappa shape index (κ2) is 5.37. The number of Topliss-reactive ketones (excluding diaryl/α,β-unsaturated/α-hetero) is 1. The van der Waals surface area contributed by atoms with Gasteiger partial charge in [0.05, 0.1) is 18.2 Å². The summed E-state index contributed by atoms with van der Waals surface area (Å²) < 4.78 is 10.1. The molecule has 0 saturated heterocycles. The Bertz CT molecular complexity index is 804. The van der Waals surface area contributed by atoms with Gasteiger partial charge in [-0.15, -0.1) is 0 Å². The molecule has 5 nitrogen and oxygen atoms in total. The van der Waals surface area contributed by atoms with Gasteiger partial charge in [-0.2, -0.15) is 0 Å². The molecule has 22 heavy (non-hydrogen) atoms. The molecule has 0 aliphatic carbocycles. The van der Waals surface area contributed by atoms with Crippen molar-refractivity contribution in [1.82, 2.24) is 0 Å². The number of esters is 1. The van der Waals surface area contributed by atoms with E-state index in [2.05, 4.69) is 4.74 Å². The van der Waals surface area contributed by atoms with Crippen LogP contribution in [0.15, 0.2) is 48.2 Å². The minimum absolute atomic E-state index is 0.0533. The minimum atomic E-state index is -0.520. The summed E-state index contributed by atoms with van der Waals surface area (Å²) >= 11 is 0. The van der Waals surface area contributed by atoms with E-state index in [0.29, 0.717) is 16.9 Å². The monoisotopic (exact) mass is 296 g/mol. The first-order valence-electron chi connectivity index (χ1n) is 6.55. The van der Waals surface area contributed by atoms with Crippen molar-refractivity contribution in [2.45, 2.75) is 0 Å². The van der Waals surface area contributed by atoms with Crippen molar-refractivity contribution in [2.75, 3.05) is 7.11 Å². The fraction of sp³-hybridized carbons (Fsp3) is 0.0588. The molecular weight excluding hydrogens is 284 g/mol. The second-order valence-corrected chi connectivity index (χ2v) is 4.70. The number of carbonyl (C=O) groups is 2. The Morgan fingerprint density at radius 2 is 2.00 bits per heavy atom. The molecule has 0 unspecified atom stereocenters. The number of aromatic hydroxyl groups is 1. The summed E-state index contributed by atoms with van der Waals surface area (Å²) in [5, 5.41) is 9.75. The molecule has 2 aromatic rings. The summed E-state index contributed by atoms with van der Waals surface area (Å²) in [5.41, 5.74) is 1.05. The van der Waals surface area contributed by atoms with E-state index in [9.17, 15) is 14.7 Å². The van der Waals surface area contributed by atoms with E-state index >= 15 is 0 Å². The Labute approximate surface area is 126 Å². The largest absolute Gasteiger partial charge is 0.507 e. The molecule has 1 heterocycles. The summed E-state index contributed by atoms with van der Waals surface area (Å²) in [6.45, 7) is 0. The van der Waals surface area contributed by atoms with E-state index in [1.165, 1.54) is 31.4 Å². The molecule has 1 aliphatic heterocycles. The molecule has 0 aromatic heterocycles. The average molecular weight is 296 g/mol. The number of para-hydroxylation sites is 1. The number of rotatable bonds is 2. The molecule has 0 spiro atoms. The zero-order valence-corrected chi connectivity index (χ0v) is 11.7. The predicted molar refractivity (Wildman–Crippen MR) is 78.8 cm³/mol. The lowest BCUT2D eigenvalue weighted by atomic mass is 10.1. The van der Waals surface area contributed by atoms with E-state index in [1.807, 2.05) is 0 Å². The molecule has 110 valence electrons. The molecule has 1 aliphatic rings. The van der Waals surface area contributed by atoms with Crippen LogP contribution >= 0.6 is 0 Å². The predicted octanol–water partition coefficient (Wildman–Crippen LogP) is 2.80. The summed E-state index contributed by atoms with van der Waals surface area (Å²) in [6, 6.07) is 11.1. The van der Waals surface area contributed by atoms with Gasteiger partial charge in [0.15, 0.2) is 5.76 Å². The first-order chi connectivity index (χ1) is 10.6. The number of fused-ring (bicyclic) bond motifs is 1. The highest BCUT2D eigenvalue weighted by molar-refractivity contribution is 6.15. The molecule has 0 radical (unpaired) electrons. The number of phenols is 1. The lowest BCUT2D eigenvalue weighted by molar-refractivity contribution is 0.0600. The first kappa shape index (κ1) is 13.9. The lowest BCUT2D eigenvalue weighted by Gasteiger charge is -2.01. The van der Waals surface area contributed by atoms with Gasteiger partial charge in [-0.05, 0) is 30.3 Å². The molecular formula is C17H12O5. The highest BCUT2D eigenvalue weighted by atomic mass is 16.5. The minimum Gasteiger partial charge on any atom is -0.507 e. The van der Waals surface area contributed by atoms with E-state index in [0.717, 1.165) is 0 Å². The lowest BCUT2D eigenvalue weighted by Crippen LogP contribution is -2.02. The standard InChI is InChI=1S/C17H12O5/c1-21-17(20)11-6-7-14-12(8-11)16(19)15(22-14)9-10-4-2-3-5-13(10)18/h2-9,18H,1H3/b15-9-. The number of methoxy groups -OCH3 is 1. The maximum Gasteiger partial charge on any atom is 0.337 e. The third-order valence-electron chi connectivity index (χ3n) is 3.31. The molecule has 0 fully saturated rings. The van der Waals surface area contributed by atoms with Crippen LogP contribution in [-0.2, 0) is 4.74 Å². The van der Waals surface area contributed by atoms with Crippen LogP contribution in [0, 0.1) is 0 Å². The van der Waals surface area contributed by atoms with Gasteiger partial charge >= 0.3 is 5.97 Å². The maximum atomic E-state index is 12.3. The third kappa shape index (κ3) is 2.33. The Balaban J connectivity index is 1.98. The zero-order valence-electron chi connectivity index (χ0n) is 11.7. The molecule has 0 atom stereocenters. The van der Waals surface area contributed by atoms with Crippen LogP contribution in [-0.4, -0.2) is 24.0 Å². The summed E-state index contributed by atoms with van der Waals surface area (Å²) in [7, 11) is 1.28. The van der Waals surface area contributed by atoms with Gasteiger partial charge in [0, 0.05) is 5.56 Å². The topological polar surface area (TPSA) is 72.8 Å². The number of phenolic OH excluding ortho intramolecular Hbond substituents is 1. The highest BCUT2D eigenvalue weighted by Gasteiger charge is 2.28. The van der Waals surface area contributed by atoms with E-state index in [-0.39, 0.29) is 22.9 Å². The number of allylic oxidation sites excluding steroid dienone is 1. The van der Waals surface area contributed by atoms with Gasteiger partial charge in [0.2, 0.25) is 5.78 Å². The van der Waals surface area contributed by atoms with Gasteiger partial charge in [0.25, 0.3) is 0 Å². The second-order valence-electron chi connectivity index (χ2n) is 4.70. The van der Waals surface area contributed by atoms with Crippen LogP contribution in [0.25, 0.3) is 6.08 Å². The molecule has 0 amide bonds. The van der Waals surface area contributed by atoms with E-state index in [1.54, 1.807) is 24.3 Å². The molecule has 2 aromatic carbocycles. The number of ketones is 1. The Kier molecular flexibility index (Phi) is 3.39. The van der Waals surface area contributed by atoms with Crippen LogP contribution in [0.4, 0.5) is 0 Å². The maximum absolute atomic E-state index is 12.3. The third-order valence-corrected chi connectivity index (χ3v) is 3.31. The van der Waals surface area contributed by atoms with Crippen LogP contribution in [0.1, 0.15) is 26.3 Å². The van der Waals surface area contributed by atoms with Crippen molar-refractivity contribution in [3.63, 3.8) is 0 Å². The first-order valence-corrected chi connectivity index (χ1v) is 6.55. The molecule has 1 N–H and O–H groups in total. The van der Waals surface area contributed by atoms with Crippen molar-refractivity contribution in [3.05, 3.63) is 64.9 Å². The smallest absolute Gasteiger partial charge is 0.337 e.